The molecule has 138 valence electrons. The molecule has 0 aromatic heterocycles. The van der Waals surface area contributed by atoms with Crippen LogP contribution in [0, 0.1) is 5.92 Å². The number of carbonyl (C=O) groups is 2. The van der Waals surface area contributed by atoms with E-state index in [1.165, 1.54) is 0 Å². The Morgan fingerprint density at radius 2 is 2.00 bits per heavy atom. The zero-order valence-electron chi connectivity index (χ0n) is 14.8. The van der Waals surface area contributed by atoms with E-state index in [0.717, 1.165) is 18.4 Å². The lowest BCUT2D eigenvalue weighted by Crippen LogP contribution is -2.46. The van der Waals surface area contributed by atoms with Gasteiger partial charge in [0.05, 0.1) is 16.0 Å². The van der Waals surface area contributed by atoms with Crippen molar-refractivity contribution in [2.75, 3.05) is 13.1 Å². The molecule has 0 saturated carbocycles. The fraction of sp³-hybridized carbons (Fsp3) is 0.556. The number of halogens is 2. The minimum Gasteiger partial charge on any atom is -0.444 e. The molecule has 1 N–H and O–H groups in total. The Kier molecular flexibility index (Phi) is 6.58. The summed E-state index contributed by atoms with van der Waals surface area (Å²) in [6.07, 6.45) is 1.17. The highest BCUT2D eigenvalue weighted by Gasteiger charge is 2.30. The molecule has 0 bridgehead atoms. The molecule has 25 heavy (non-hydrogen) atoms. The molecule has 1 aromatic rings. The summed E-state index contributed by atoms with van der Waals surface area (Å²) >= 11 is 11.9. The van der Waals surface area contributed by atoms with Crippen molar-refractivity contribution in [3.63, 3.8) is 0 Å². The van der Waals surface area contributed by atoms with Gasteiger partial charge in [-0.1, -0.05) is 29.3 Å². The molecule has 1 heterocycles. The van der Waals surface area contributed by atoms with E-state index in [2.05, 4.69) is 5.32 Å². The molecule has 1 atom stereocenters. The largest absolute Gasteiger partial charge is 0.444 e. The van der Waals surface area contributed by atoms with Gasteiger partial charge in [-0.3, -0.25) is 4.79 Å². The molecule has 5 nitrogen and oxygen atoms in total. The monoisotopic (exact) mass is 386 g/mol. The molecule has 7 heteroatoms. The highest BCUT2D eigenvalue weighted by atomic mass is 35.5. The quantitative estimate of drug-likeness (QED) is 0.843. The maximum Gasteiger partial charge on any atom is 0.410 e. The molecule has 1 aliphatic rings. The molecule has 0 radical (unpaired) electrons. The topological polar surface area (TPSA) is 58.6 Å². The second kappa shape index (κ2) is 8.28. The van der Waals surface area contributed by atoms with Crippen LogP contribution < -0.4 is 5.32 Å². The van der Waals surface area contributed by atoms with Crippen LogP contribution in [0.5, 0.6) is 0 Å². The van der Waals surface area contributed by atoms with E-state index in [1.54, 1.807) is 17.0 Å². The molecule has 1 fully saturated rings. The average molecular weight is 387 g/mol. The van der Waals surface area contributed by atoms with E-state index in [4.69, 9.17) is 27.9 Å². The number of nitrogens with zero attached hydrogens (tertiary/aromatic N) is 1. The Morgan fingerprint density at radius 1 is 1.28 bits per heavy atom. The molecule has 0 aliphatic carbocycles. The number of nitrogens with one attached hydrogen (secondary N) is 1. The van der Waals surface area contributed by atoms with E-state index < -0.39 is 5.60 Å². The Morgan fingerprint density at radius 3 is 2.64 bits per heavy atom. The fourth-order valence-corrected chi connectivity index (χ4v) is 2.99. The Bertz CT molecular complexity index is 644. The van der Waals surface area contributed by atoms with Gasteiger partial charge in [0.25, 0.3) is 0 Å². The summed E-state index contributed by atoms with van der Waals surface area (Å²) in [5.41, 5.74) is 0.336. The highest BCUT2D eigenvalue weighted by Crippen LogP contribution is 2.23. The molecule has 1 unspecified atom stereocenters. The number of rotatable bonds is 3. The Hall–Kier alpha value is -1.46. The molecule has 1 aliphatic heterocycles. The van der Waals surface area contributed by atoms with Crippen LogP contribution in [0.4, 0.5) is 4.79 Å². The summed E-state index contributed by atoms with van der Waals surface area (Å²) in [6, 6.07) is 5.26. The first-order chi connectivity index (χ1) is 11.7. The third-order valence-corrected chi connectivity index (χ3v) is 4.63. The van der Waals surface area contributed by atoms with Crippen molar-refractivity contribution in [2.24, 2.45) is 5.92 Å². The number of carbonyl (C=O) groups excluding carboxylic acids is 2. The van der Waals surface area contributed by atoms with E-state index in [0.29, 0.717) is 29.7 Å². The van der Waals surface area contributed by atoms with Gasteiger partial charge in [-0.2, -0.15) is 0 Å². The van der Waals surface area contributed by atoms with Gasteiger partial charge in [0.1, 0.15) is 5.60 Å². The third-order valence-electron chi connectivity index (χ3n) is 3.89. The van der Waals surface area contributed by atoms with Gasteiger partial charge in [-0.15, -0.1) is 0 Å². The predicted molar refractivity (Wildman–Crippen MR) is 98.8 cm³/mol. The van der Waals surface area contributed by atoms with Crippen molar-refractivity contribution < 1.29 is 14.3 Å². The molecule has 1 saturated heterocycles. The van der Waals surface area contributed by atoms with Gasteiger partial charge < -0.3 is 15.0 Å². The fourth-order valence-electron chi connectivity index (χ4n) is 2.67. The second-order valence-electron chi connectivity index (χ2n) is 7.23. The SMILES string of the molecule is CC(C)(C)OC(=O)N1CCCC(C(=O)NCc2ccc(Cl)c(Cl)c2)C1. The normalized spacial score (nSPS) is 18.0. The van der Waals surface area contributed by atoms with Crippen LogP contribution in [-0.4, -0.2) is 35.6 Å². The van der Waals surface area contributed by atoms with Gasteiger partial charge in [-0.25, -0.2) is 4.79 Å². The molecular formula is C18H24Cl2N2O3. The van der Waals surface area contributed by atoms with Crippen LogP contribution in [-0.2, 0) is 16.1 Å². The van der Waals surface area contributed by atoms with Crippen molar-refractivity contribution in [1.29, 1.82) is 0 Å². The van der Waals surface area contributed by atoms with Gasteiger partial charge in [0.2, 0.25) is 5.91 Å². The maximum absolute atomic E-state index is 12.4. The van der Waals surface area contributed by atoms with E-state index in [-0.39, 0.29) is 17.9 Å². The first-order valence-corrected chi connectivity index (χ1v) is 9.11. The lowest BCUT2D eigenvalue weighted by atomic mass is 9.97. The minimum atomic E-state index is -0.542. The summed E-state index contributed by atoms with van der Waals surface area (Å²) < 4.78 is 5.39. The minimum absolute atomic E-state index is 0.0701. The van der Waals surface area contributed by atoms with Gasteiger partial charge >= 0.3 is 6.09 Å². The van der Waals surface area contributed by atoms with Crippen molar-refractivity contribution >= 4 is 35.2 Å². The van der Waals surface area contributed by atoms with Crippen molar-refractivity contribution in [3.8, 4) is 0 Å². The van der Waals surface area contributed by atoms with Crippen LogP contribution in [0.2, 0.25) is 10.0 Å². The van der Waals surface area contributed by atoms with E-state index >= 15 is 0 Å². The first-order valence-electron chi connectivity index (χ1n) is 8.35. The van der Waals surface area contributed by atoms with Crippen LogP contribution in [0.3, 0.4) is 0 Å². The predicted octanol–water partition coefficient (Wildman–Crippen LogP) is 4.26. The first kappa shape index (κ1) is 19.9. The molecular weight excluding hydrogens is 363 g/mol. The Balaban J connectivity index is 1.88. The van der Waals surface area contributed by atoms with Crippen LogP contribution in [0.25, 0.3) is 0 Å². The zero-order valence-corrected chi connectivity index (χ0v) is 16.3. The van der Waals surface area contributed by atoms with Crippen LogP contribution in [0.15, 0.2) is 18.2 Å². The maximum atomic E-state index is 12.4. The van der Waals surface area contributed by atoms with Gasteiger partial charge in [-0.05, 0) is 51.3 Å². The number of hydrogen-bond acceptors (Lipinski definition) is 3. The van der Waals surface area contributed by atoms with E-state index in [1.807, 2.05) is 26.8 Å². The summed E-state index contributed by atoms with van der Waals surface area (Å²) in [4.78, 5) is 26.2. The van der Waals surface area contributed by atoms with Crippen LogP contribution in [0.1, 0.15) is 39.2 Å². The lowest BCUT2D eigenvalue weighted by molar-refractivity contribution is -0.126. The van der Waals surface area contributed by atoms with E-state index in [9.17, 15) is 9.59 Å². The average Bonchev–Trinajstić information content (AvgIpc) is 2.54. The molecule has 1 aromatic carbocycles. The number of ether oxygens (including phenoxy) is 1. The highest BCUT2D eigenvalue weighted by molar-refractivity contribution is 6.42. The lowest BCUT2D eigenvalue weighted by Gasteiger charge is -2.33. The summed E-state index contributed by atoms with van der Waals surface area (Å²) in [7, 11) is 0. The standard InChI is InChI=1S/C18H24Cl2N2O3/c1-18(2,3)25-17(24)22-8-4-5-13(11-22)16(23)21-10-12-6-7-14(19)15(20)9-12/h6-7,9,13H,4-5,8,10-11H2,1-3H3,(H,21,23). The molecule has 2 amide bonds. The summed E-state index contributed by atoms with van der Waals surface area (Å²) in [5.74, 6) is -0.302. The number of hydrogen-bond donors (Lipinski definition) is 1. The Labute approximate surface area is 158 Å². The summed E-state index contributed by atoms with van der Waals surface area (Å²) in [6.45, 7) is 6.86. The van der Waals surface area contributed by atoms with Gasteiger partial charge in [0, 0.05) is 19.6 Å². The number of benzene rings is 1. The van der Waals surface area contributed by atoms with Crippen molar-refractivity contribution in [2.45, 2.75) is 45.8 Å². The summed E-state index contributed by atoms with van der Waals surface area (Å²) in [5, 5.41) is 3.85. The van der Waals surface area contributed by atoms with Crippen molar-refractivity contribution in [3.05, 3.63) is 33.8 Å². The van der Waals surface area contributed by atoms with Gasteiger partial charge in [0.15, 0.2) is 0 Å². The smallest absolute Gasteiger partial charge is 0.410 e. The van der Waals surface area contributed by atoms with Crippen LogP contribution >= 0.6 is 23.2 Å². The number of likely N-dealkylation sites (tertiary alicyclic amines) is 1. The second-order valence-corrected chi connectivity index (χ2v) is 8.05. The number of amides is 2. The van der Waals surface area contributed by atoms with Crippen molar-refractivity contribution in [1.82, 2.24) is 10.2 Å². The molecule has 0 spiro atoms. The third kappa shape index (κ3) is 6.08. The molecule has 2 rings (SSSR count). The number of piperidine rings is 1. The zero-order chi connectivity index (χ0) is 18.6.